The van der Waals surface area contributed by atoms with Crippen molar-refractivity contribution in [3.63, 3.8) is 0 Å². The van der Waals surface area contributed by atoms with Gasteiger partial charge >= 0.3 is 0 Å². The van der Waals surface area contributed by atoms with E-state index in [1.54, 1.807) is 6.20 Å². The van der Waals surface area contributed by atoms with Gasteiger partial charge in [-0.3, -0.25) is 4.79 Å². The van der Waals surface area contributed by atoms with Crippen LogP contribution in [0.15, 0.2) is 41.0 Å². The van der Waals surface area contributed by atoms with Crippen LogP contribution in [-0.4, -0.2) is 33.4 Å². The van der Waals surface area contributed by atoms with Crippen LogP contribution in [0.2, 0.25) is 0 Å². The van der Waals surface area contributed by atoms with Crippen LogP contribution >= 0.6 is 15.9 Å². The lowest BCUT2D eigenvalue weighted by Gasteiger charge is -2.34. The van der Waals surface area contributed by atoms with E-state index in [4.69, 9.17) is 0 Å². The molecule has 0 radical (unpaired) electrons. The van der Waals surface area contributed by atoms with Gasteiger partial charge in [-0.1, -0.05) is 15.9 Å². The molecule has 3 aromatic rings. The summed E-state index contributed by atoms with van der Waals surface area (Å²) in [6.45, 7) is 6.91. The Hall–Kier alpha value is -2.47. The number of piperidine rings is 1. The fourth-order valence-electron chi connectivity index (χ4n) is 3.89. The molecule has 1 fully saturated rings. The van der Waals surface area contributed by atoms with Crippen molar-refractivity contribution in [2.24, 2.45) is 0 Å². The van der Waals surface area contributed by atoms with E-state index in [0.717, 1.165) is 51.9 Å². The predicted molar refractivity (Wildman–Crippen MR) is 121 cm³/mol. The second-order valence-corrected chi connectivity index (χ2v) is 8.66. The second kappa shape index (κ2) is 8.11. The summed E-state index contributed by atoms with van der Waals surface area (Å²) in [4.78, 5) is 24.5. The van der Waals surface area contributed by atoms with Gasteiger partial charge < -0.3 is 10.2 Å². The maximum absolute atomic E-state index is 13.5. The first-order chi connectivity index (χ1) is 13.9. The van der Waals surface area contributed by atoms with E-state index in [0.29, 0.717) is 11.2 Å². The highest BCUT2D eigenvalue weighted by Crippen LogP contribution is 2.32. The summed E-state index contributed by atoms with van der Waals surface area (Å²) in [7, 11) is 0. The first kappa shape index (κ1) is 19.8. The maximum atomic E-state index is 13.5. The van der Waals surface area contributed by atoms with Crippen LogP contribution in [0, 0.1) is 13.8 Å². The molecule has 1 aliphatic heterocycles. The molecule has 2 aromatic heterocycles. The number of hydrogen-bond donors (Lipinski definition) is 1. The van der Waals surface area contributed by atoms with Crippen molar-refractivity contribution in [3.8, 4) is 0 Å². The molecule has 150 valence electrons. The summed E-state index contributed by atoms with van der Waals surface area (Å²) in [5, 5.41) is 4.34. The number of halogens is 1. The summed E-state index contributed by atoms with van der Waals surface area (Å²) in [5.41, 5.74) is 4.97. The van der Waals surface area contributed by atoms with E-state index >= 15 is 0 Å². The largest absolute Gasteiger partial charge is 0.354 e. The Morgan fingerprint density at radius 2 is 2.03 bits per heavy atom. The predicted octanol–water partition coefficient (Wildman–Crippen LogP) is 5.77. The summed E-state index contributed by atoms with van der Waals surface area (Å²) in [6, 6.07) is 10.3. The number of aryl methyl sites for hydroxylation is 2. The third-order valence-corrected chi connectivity index (χ3v) is 6.48. The monoisotopic (exact) mass is 452 g/mol. The van der Waals surface area contributed by atoms with Crippen LogP contribution in [0.3, 0.4) is 0 Å². The van der Waals surface area contributed by atoms with Gasteiger partial charge in [-0.05, 0) is 75.9 Å². The van der Waals surface area contributed by atoms with Crippen LogP contribution < -0.4 is 5.32 Å². The highest BCUT2D eigenvalue weighted by Gasteiger charge is 2.27. The summed E-state index contributed by atoms with van der Waals surface area (Å²) >= 11 is 3.55. The number of aromatic nitrogens is 2. The third kappa shape index (κ3) is 3.99. The Morgan fingerprint density at radius 1 is 1.21 bits per heavy atom. The van der Waals surface area contributed by atoms with Crippen molar-refractivity contribution in [1.82, 2.24) is 14.9 Å². The van der Waals surface area contributed by atoms with Gasteiger partial charge in [0.05, 0.1) is 11.3 Å². The normalized spacial score (nSPS) is 16.8. The number of hydrogen-bond acceptors (Lipinski definition) is 4. The molecule has 1 N–H and O–H groups in total. The number of anilines is 2. The molecule has 1 amide bonds. The third-order valence-electron chi connectivity index (χ3n) is 5.59. The Morgan fingerprint density at radius 3 is 2.79 bits per heavy atom. The van der Waals surface area contributed by atoms with Gasteiger partial charge in [0.25, 0.3) is 5.91 Å². The highest BCUT2D eigenvalue weighted by atomic mass is 79.9. The Balaban J connectivity index is 1.82. The molecule has 1 aliphatic rings. The van der Waals surface area contributed by atoms with Crippen molar-refractivity contribution in [2.75, 3.05) is 11.9 Å². The molecule has 0 bridgehead atoms. The minimum atomic E-state index is 0.0310. The molecule has 1 saturated heterocycles. The quantitative estimate of drug-likeness (QED) is 0.547. The van der Waals surface area contributed by atoms with Crippen molar-refractivity contribution in [1.29, 1.82) is 0 Å². The smallest absolute Gasteiger partial charge is 0.257 e. The van der Waals surface area contributed by atoms with E-state index < -0.39 is 0 Å². The molecule has 6 heteroatoms. The lowest BCUT2D eigenvalue weighted by molar-refractivity contribution is 0.0636. The van der Waals surface area contributed by atoms with Crippen LogP contribution in [0.5, 0.6) is 0 Å². The number of amides is 1. The number of nitrogens with zero attached hydrogens (tertiary/aromatic N) is 3. The maximum Gasteiger partial charge on any atom is 0.257 e. The SMILES string of the molecule is Cc1ccc2c(Nc3ccc(Br)c(C)c3)c(C(=O)N3CCCC[C@@H]3C)cnc2n1. The molecule has 0 aliphatic carbocycles. The molecule has 5 nitrogen and oxygen atoms in total. The number of carbonyl (C=O) groups excluding carboxylic acids is 1. The first-order valence-corrected chi connectivity index (χ1v) is 10.8. The van der Waals surface area contributed by atoms with Gasteiger partial charge in [-0.2, -0.15) is 0 Å². The van der Waals surface area contributed by atoms with Gasteiger partial charge in [0.15, 0.2) is 5.65 Å². The van der Waals surface area contributed by atoms with Crippen LogP contribution in [0.4, 0.5) is 11.4 Å². The minimum Gasteiger partial charge on any atom is -0.354 e. The molecule has 3 heterocycles. The molecular formula is C23H25BrN4O. The Bertz CT molecular complexity index is 1080. The summed E-state index contributed by atoms with van der Waals surface area (Å²) in [6.07, 6.45) is 4.94. The number of carbonyl (C=O) groups is 1. The van der Waals surface area contributed by atoms with E-state index in [9.17, 15) is 4.79 Å². The summed E-state index contributed by atoms with van der Waals surface area (Å²) < 4.78 is 1.05. The number of benzene rings is 1. The molecule has 0 unspecified atom stereocenters. The fourth-order valence-corrected chi connectivity index (χ4v) is 4.14. The minimum absolute atomic E-state index is 0.0310. The van der Waals surface area contributed by atoms with E-state index in [-0.39, 0.29) is 11.9 Å². The van der Waals surface area contributed by atoms with Crippen molar-refractivity contribution < 1.29 is 4.79 Å². The Kier molecular flexibility index (Phi) is 5.54. The number of fused-ring (bicyclic) bond motifs is 1. The van der Waals surface area contributed by atoms with Crippen molar-refractivity contribution in [3.05, 3.63) is 57.8 Å². The number of likely N-dealkylation sites (tertiary alicyclic amines) is 1. The van der Waals surface area contributed by atoms with Gasteiger partial charge in [0, 0.05) is 40.0 Å². The van der Waals surface area contributed by atoms with Crippen LogP contribution in [0.1, 0.15) is 47.8 Å². The zero-order chi connectivity index (χ0) is 20.5. The van der Waals surface area contributed by atoms with Gasteiger partial charge in [0.1, 0.15) is 0 Å². The van der Waals surface area contributed by atoms with E-state index in [1.165, 1.54) is 6.42 Å². The zero-order valence-electron chi connectivity index (χ0n) is 17.0. The molecule has 29 heavy (non-hydrogen) atoms. The first-order valence-electron chi connectivity index (χ1n) is 10.0. The average Bonchev–Trinajstić information content (AvgIpc) is 2.70. The highest BCUT2D eigenvalue weighted by molar-refractivity contribution is 9.10. The van der Waals surface area contributed by atoms with Crippen molar-refractivity contribution in [2.45, 2.75) is 46.1 Å². The van der Waals surface area contributed by atoms with E-state index in [1.807, 2.05) is 43.0 Å². The molecular weight excluding hydrogens is 428 g/mol. The van der Waals surface area contributed by atoms with Gasteiger partial charge in [-0.25, -0.2) is 9.97 Å². The number of pyridine rings is 2. The summed E-state index contributed by atoms with van der Waals surface area (Å²) in [5.74, 6) is 0.0310. The Labute approximate surface area is 179 Å². The second-order valence-electron chi connectivity index (χ2n) is 7.80. The topological polar surface area (TPSA) is 58.1 Å². The fraction of sp³-hybridized carbons (Fsp3) is 0.348. The molecule has 4 rings (SSSR count). The lowest BCUT2D eigenvalue weighted by Crippen LogP contribution is -2.42. The van der Waals surface area contributed by atoms with Gasteiger partial charge in [0.2, 0.25) is 0 Å². The van der Waals surface area contributed by atoms with Crippen molar-refractivity contribution >= 4 is 44.2 Å². The molecule has 1 aromatic carbocycles. The standard InChI is InChI=1S/C23H25BrN4O/c1-14-12-17(8-10-20(14)24)27-21-18-9-7-15(2)26-22(18)25-13-19(21)23(29)28-11-5-4-6-16(28)3/h7-10,12-13,16H,4-6,11H2,1-3H3,(H,25,26,27)/t16-/m0/s1. The van der Waals surface area contributed by atoms with Gasteiger partial charge in [-0.15, -0.1) is 0 Å². The number of rotatable bonds is 3. The molecule has 0 spiro atoms. The van der Waals surface area contributed by atoms with Crippen LogP contribution in [-0.2, 0) is 0 Å². The number of nitrogens with one attached hydrogen (secondary N) is 1. The average molecular weight is 453 g/mol. The van der Waals surface area contributed by atoms with Crippen LogP contribution in [0.25, 0.3) is 11.0 Å². The van der Waals surface area contributed by atoms with E-state index in [2.05, 4.69) is 44.2 Å². The lowest BCUT2D eigenvalue weighted by atomic mass is 10.0. The molecule has 1 atom stereocenters. The molecule has 0 saturated carbocycles. The zero-order valence-corrected chi connectivity index (χ0v) is 18.6.